The average Bonchev–Trinajstić information content (AvgIpc) is 2.74. The number of aromatic amines is 1. The molecule has 2 aromatic rings. The fourth-order valence-electron chi connectivity index (χ4n) is 1.41. The highest BCUT2D eigenvalue weighted by atomic mass is 14.9. The molecule has 0 saturated carbocycles. The van der Waals surface area contributed by atoms with Crippen molar-refractivity contribution >= 4 is 0 Å². The minimum Gasteiger partial charge on any atom is -0.347 e. The summed E-state index contributed by atoms with van der Waals surface area (Å²) in [6, 6.07) is 2.04. The molecule has 78 valence electrons. The molecule has 0 aliphatic carbocycles. The van der Waals surface area contributed by atoms with Crippen LogP contribution in [0.5, 0.6) is 0 Å². The molecule has 0 bridgehead atoms. The third-order valence-electron chi connectivity index (χ3n) is 2.32. The second-order valence-corrected chi connectivity index (χ2v) is 3.48. The van der Waals surface area contributed by atoms with Crippen molar-refractivity contribution in [3.8, 4) is 0 Å². The Hall–Kier alpha value is -1.68. The van der Waals surface area contributed by atoms with E-state index in [0.717, 1.165) is 18.8 Å². The summed E-state index contributed by atoms with van der Waals surface area (Å²) in [4.78, 5) is 11.1. The highest BCUT2D eigenvalue weighted by Crippen LogP contribution is 2.04. The highest BCUT2D eigenvalue weighted by molar-refractivity contribution is 5.21. The summed E-state index contributed by atoms with van der Waals surface area (Å²) in [5.41, 5.74) is 3.60. The molecule has 0 aliphatic rings. The van der Waals surface area contributed by atoms with Crippen LogP contribution in [0.4, 0.5) is 0 Å². The third-order valence-corrected chi connectivity index (χ3v) is 2.32. The van der Waals surface area contributed by atoms with Gasteiger partial charge in [0.15, 0.2) is 0 Å². The highest BCUT2D eigenvalue weighted by Gasteiger charge is 1.97. The number of hydrogen-bond acceptors (Lipinski definition) is 3. The summed E-state index contributed by atoms with van der Waals surface area (Å²) in [6.45, 7) is 3.73. The fraction of sp³-hybridized carbons (Fsp3) is 0.273. The number of H-pyrrole nitrogens is 1. The lowest BCUT2D eigenvalue weighted by molar-refractivity contribution is 0.679. The van der Waals surface area contributed by atoms with Crippen LogP contribution in [0.3, 0.4) is 0 Å². The van der Waals surface area contributed by atoms with Gasteiger partial charge in [0.1, 0.15) is 0 Å². The minimum atomic E-state index is 0.807. The van der Waals surface area contributed by atoms with Crippen LogP contribution in [0, 0.1) is 6.92 Å². The Morgan fingerprint density at radius 2 is 2.20 bits per heavy atom. The zero-order valence-corrected chi connectivity index (χ0v) is 8.70. The second-order valence-electron chi connectivity index (χ2n) is 3.48. The molecule has 0 aromatic carbocycles. The Bertz CT molecular complexity index is 408. The quantitative estimate of drug-likeness (QED) is 0.788. The third kappa shape index (κ3) is 2.63. The molecule has 2 aromatic heterocycles. The molecule has 0 spiro atoms. The lowest BCUT2D eigenvalue weighted by Gasteiger charge is -2.05. The van der Waals surface area contributed by atoms with E-state index < -0.39 is 0 Å². The largest absolute Gasteiger partial charge is 0.347 e. The van der Waals surface area contributed by atoms with Crippen LogP contribution in [0.15, 0.2) is 31.0 Å². The Morgan fingerprint density at radius 3 is 2.93 bits per heavy atom. The summed E-state index contributed by atoms with van der Waals surface area (Å²) in [5.74, 6) is 0. The standard InChI is InChI=1S/C11H14N4/c1-9-4-12-3-2-10(9)5-13-6-11-7-14-8-15-11/h2-4,7-8,13H,5-6H2,1H3,(H,14,15). The molecule has 0 aliphatic heterocycles. The van der Waals surface area contributed by atoms with Crippen molar-refractivity contribution in [2.45, 2.75) is 20.0 Å². The van der Waals surface area contributed by atoms with E-state index in [4.69, 9.17) is 0 Å². The summed E-state index contributed by atoms with van der Waals surface area (Å²) < 4.78 is 0. The van der Waals surface area contributed by atoms with Crippen LogP contribution in [0.2, 0.25) is 0 Å². The van der Waals surface area contributed by atoms with Crippen molar-refractivity contribution < 1.29 is 0 Å². The topological polar surface area (TPSA) is 53.6 Å². The number of nitrogens with zero attached hydrogens (tertiary/aromatic N) is 2. The monoisotopic (exact) mass is 202 g/mol. The predicted molar refractivity (Wildman–Crippen MR) is 58.1 cm³/mol. The number of pyridine rings is 1. The van der Waals surface area contributed by atoms with Gasteiger partial charge in [-0.3, -0.25) is 4.98 Å². The van der Waals surface area contributed by atoms with E-state index in [1.54, 1.807) is 6.33 Å². The van der Waals surface area contributed by atoms with Gasteiger partial charge in [-0.2, -0.15) is 0 Å². The van der Waals surface area contributed by atoms with E-state index in [-0.39, 0.29) is 0 Å². The molecule has 0 radical (unpaired) electrons. The average molecular weight is 202 g/mol. The van der Waals surface area contributed by atoms with Gasteiger partial charge in [0, 0.05) is 37.4 Å². The van der Waals surface area contributed by atoms with Crippen molar-refractivity contribution in [2.75, 3.05) is 0 Å². The van der Waals surface area contributed by atoms with Crippen LogP contribution < -0.4 is 5.32 Å². The normalized spacial score (nSPS) is 10.5. The predicted octanol–water partition coefficient (Wildman–Crippen LogP) is 1.40. The first-order valence-electron chi connectivity index (χ1n) is 4.94. The molecule has 0 amide bonds. The first kappa shape index (κ1) is 9.86. The Labute approximate surface area is 88.8 Å². The lowest BCUT2D eigenvalue weighted by Crippen LogP contribution is -2.13. The Morgan fingerprint density at radius 1 is 1.27 bits per heavy atom. The maximum atomic E-state index is 4.06. The zero-order valence-electron chi connectivity index (χ0n) is 8.70. The van der Waals surface area contributed by atoms with E-state index >= 15 is 0 Å². The van der Waals surface area contributed by atoms with Gasteiger partial charge in [0.05, 0.1) is 6.33 Å². The maximum absolute atomic E-state index is 4.06. The zero-order chi connectivity index (χ0) is 10.5. The maximum Gasteiger partial charge on any atom is 0.0922 e. The van der Waals surface area contributed by atoms with Crippen molar-refractivity contribution in [1.29, 1.82) is 0 Å². The van der Waals surface area contributed by atoms with E-state index in [1.165, 1.54) is 11.1 Å². The van der Waals surface area contributed by atoms with Crippen LogP contribution in [0.25, 0.3) is 0 Å². The second kappa shape index (κ2) is 4.70. The summed E-state index contributed by atoms with van der Waals surface area (Å²) in [6.07, 6.45) is 7.22. The summed E-state index contributed by atoms with van der Waals surface area (Å²) in [7, 11) is 0. The fourth-order valence-corrected chi connectivity index (χ4v) is 1.41. The first-order valence-corrected chi connectivity index (χ1v) is 4.94. The molecule has 2 N–H and O–H groups in total. The van der Waals surface area contributed by atoms with E-state index in [9.17, 15) is 0 Å². The lowest BCUT2D eigenvalue weighted by atomic mass is 10.1. The van der Waals surface area contributed by atoms with Crippen LogP contribution in [0.1, 0.15) is 16.8 Å². The summed E-state index contributed by atoms with van der Waals surface area (Å²) in [5, 5.41) is 3.35. The SMILES string of the molecule is Cc1cnccc1CNCc1cnc[nH]1. The molecule has 0 fully saturated rings. The Balaban J connectivity index is 1.86. The number of aryl methyl sites for hydroxylation is 1. The molecule has 0 atom stereocenters. The number of aromatic nitrogens is 3. The molecule has 2 heterocycles. The van der Waals surface area contributed by atoms with Crippen molar-refractivity contribution in [3.05, 3.63) is 47.8 Å². The molecular weight excluding hydrogens is 188 g/mol. The molecule has 2 rings (SSSR count). The van der Waals surface area contributed by atoms with Gasteiger partial charge in [-0.1, -0.05) is 0 Å². The number of rotatable bonds is 4. The smallest absolute Gasteiger partial charge is 0.0922 e. The van der Waals surface area contributed by atoms with Crippen molar-refractivity contribution in [1.82, 2.24) is 20.3 Å². The van der Waals surface area contributed by atoms with Crippen molar-refractivity contribution in [3.63, 3.8) is 0 Å². The first-order chi connectivity index (χ1) is 7.36. The Kier molecular flexibility index (Phi) is 3.09. The van der Waals surface area contributed by atoms with Gasteiger partial charge in [0.25, 0.3) is 0 Å². The van der Waals surface area contributed by atoms with Crippen molar-refractivity contribution in [2.24, 2.45) is 0 Å². The van der Waals surface area contributed by atoms with Crippen LogP contribution >= 0.6 is 0 Å². The minimum absolute atomic E-state index is 0.807. The molecule has 15 heavy (non-hydrogen) atoms. The van der Waals surface area contributed by atoms with Gasteiger partial charge >= 0.3 is 0 Å². The van der Waals surface area contributed by atoms with E-state index in [1.807, 2.05) is 24.7 Å². The molecular formula is C11H14N4. The van der Waals surface area contributed by atoms with Gasteiger partial charge in [-0.15, -0.1) is 0 Å². The molecule has 0 saturated heterocycles. The van der Waals surface area contributed by atoms with Gasteiger partial charge in [-0.25, -0.2) is 4.98 Å². The molecule has 4 nitrogen and oxygen atoms in total. The van der Waals surface area contributed by atoms with Crippen LogP contribution in [-0.4, -0.2) is 15.0 Å². The van der Waals surface area contributed by atoms with E-state index in [0.29, 0.717) is 0 Å². The van der Waals surface area contributed by atoms with E-state index in [2.05, 4.69) is 27.2 Å². The number of imidazole rings is 1. The van der Waals surface area contributed by atoms with Gasteiger partial charge < -0.3 is 10.3 Å². The summed E-state index contributed by atoms with van der Waals surface area (Å²) >= 11 is 0. The van der Waals surface area contributed by atoms with Crippen LogP contribution in [-0.2, 0) is 13.1 Å². The number of nitrogens with one attached hydrogen (secondary N) is 2. The molecule has 4 heteroatoms. The number of hydrogen-bond donors (Lipinski definition) is 2. The molecule has 0 unspecified atom stereocenters. The van der Waals surface area contributed by atoms with Gasteiger partial charge in [0.2, 0.25) is 0 Å². The van der Waals surface area contributed by atoms with Gasteiger partial charge in [-0.05, 0) is 24.1 Å².